The van der Waals surface area contributed by atoms with Crippen LogP contribution in [0.4, 0.5) is 0 Å². The van der Waals surface area contributed by atoms with E-state index in [2.05, 4.69) is 0 Å². The van der Waals surface area contributed by atoms with Crippen molar-refractivity contribution in [3.05, 3.63) is 69.3 Å². The highest BCUT2D eigenvalue weighted by atomic mass is 31.2. The van der Waals surface area contributed by atoms with E-state index >= 15 is 0 Å². The van der Waals surface area contributed by atoms with E-state index in [1.54, 1.807) is 0 Å². The van der Waals surface area contributed by atoms with E-state index in [1.165, 1.54) is 0 Å². The Hall–Kier alpha value is -1.99. The van der Waals surface area contributed by atoms with Gasteiger partial charge in [-0.3, -0.25) is 9.59 Å². The third-order valence-electron chi connectivity index (χ3n) is 6.28. The second-order valence-corrected chi connectivity index (χ2v) is 11.5. The van der Waals surface area contributed by atoms with E-state index in [1.807, 2.05) is 65.0 Å². The van der Waals surface area contributed by atoms with Crippen LogP contribution in [-0.4, -0.2) is 16.7 Å². The summed E-state index contributed by atoms with van der Waals surface area (Å²) < 4.78 is 14.6. The van der Waals surface area contributed by atoms with Crippen molar-refractivity contribution in [3.8, 4) is 0 Å². The SMILES string of the molecule is Cc1cc(C)c(C(=O)P(=O)(C(=O)c2c(C)cccc2C)C2CCCCC2)c(C)c1. The topological polar surface area (TPSA) is 51.2 Å². The first-order chi connectivity index (χ1) is 13.7. The van der Waals surface area contributed by atoms with Crippen molar-refractivity contribution < 1.29 is 14.2 Å². The molecule has 2 aromatic carbocycles. The Bertz CT molecular complexity index is 969. The molecule has 3 rings (SSSR count). The number of carbonyl (C=O) groups is 2. The first kappa shape index (κ1) is 21.7. The third-order valence-corrected chi connectivity index (χ3v) is 9.48. The van der Waals surface area contributed by atoms with E-state index in [-0.39, 0.29) is 5.66 Å². The molecule has 0 aromatic heterocycles. The lowest BCUT2D eigenvalue weighted by molar-refractivity contribution is 0.103. The molecule has 3 nitrogen and oxygen atoms in total. The Morgan fingerprint density at radius 2 is 1.21 bits per heavy atom. The zero-order valence-corrected chi connectivity index (χ0v) is 19.1. The summed E-state index contributed by atoms with van der Waals surface area (Å²) in [6, 6.07) is 9.49. The highest BCUT2D eigenvalue weighted by Gasteiger charge is 2.48. The van der Waals surface area contributed by atoms with Crippen LogP contribution >= 0.6 is 7.14 Å². The summed E-state index contributed by atoms with van der Waals surface area (Å²) in [7, 11) is -3.82. The Morgan fingerprint density at radius 3 is 1.69 bits per heavy atom. The summed E-state index contributed by atoms with van der Waals surface area (Å²) in [4.78, 5) is 27.7. The van der Waals surface area contributed by atoms with Gasteiger partial charge in [-0.25, -0.2) is 0 Å². The van der Waals surface area contributed by atoms with Gasteiger partial charge < -0.3 is 4.57 Å². The minimum absolute atomic E-state index is 0.352. The van der Waals surface area contributed by atoms with Crippen LogP contribution in [0.2, 0.25) is 0 Å². The zero-order valence-electron chi connectivity index (χ0n) is 18.2. The normalized spacial score (nSPS) is 17.0. The van der Waals surface area contributed by atoms with Crippen LogP contribution in [0, 0.1) is 34.6 Å². The molecular weight excluding hydrogens is 379 g/mol. The molecule has 4 heteroatoms. The van der Waals surface area contributed by atoms with Crippen molar-refractivity contribution in [1.82, 2.24) is 0 Å². The van der Waals surface area contributed by atoms with E-state index in [0.717, 1.165) is 47.1 Å². The quantitative estimate of drug-likeness (QED) is 0.504. The predicted molar refractivity (Wildman–Crippen MR) is 120 cm³/mol. The van der Waals surface area contributed by atoms with Crippen LogP contribution in [0.25, 0.3) is 0 Å². The fourth-order valence-electron chi connectivity index (χ4n) is 4.87. The van der Waals surface area contributed by atoms with E-state index in [4.69, 9.17) is 0 Å². The van der Waals surface area contributed by atoms with Gasteiger partial charge in [-0.1, -0.05) is 55.2 Å². The minimum atomic E-state index is -3.82. The zero-order chi connectivity index (χ0) is 21.3. The number of aryl methyl sites for hydroxylation is 5. The molecule has 0 bridgehead atoms. The highest BCUT2D eigenvalue weighted by molar-refractivity contribution is 7.96. The van der Waals surface area contributed by atoms with E-state index < -0.39 is 18.2 Å². The summed E-state index contributed by atoms with van der Waals surface area (Å²) in [5.74, 6) is 0. The molecule has 0 saturated heterocycles. The Labute approximate surface area is 174 Å². The number of hydrogen-bond donors (Lipinski definition) is 0. The number of benzene rings is 2. The van der Waals surface area contributed by atoms with Crippen molar-refractivity contribution >= 4 is 18.2 Å². The first-order valence-corrected chi connectivity index (χ1v) is 12.3. The first-order valence-electron chi connectivity index (χ1n) is 10.5. The molecule has 1 unspecified atom stereocenters. The lowest BCUT2D eigenvalue weighted by Gasteiger charge is -2.30. The van der Waals surface area contributed by atoms with Crippen molar-refractivity contribution in [2.75, 3.05) is 0 Å². The van der Waals surface area contributed by atoms with Crippen molar-refractivity contribution in [1.29, 1.82) is 0 Å². The summed E-state index contributed by atoms with van der Waals surface area (Å²) in [5.41, 5.74) is 3.96. The van der Waals surface area contributed by atoms with Crippen LogP contribution in [0.15, 0.2) is 30.3 Å². The van der Waals surface area contributed by atoms with Gasteiger partial charge in [0, 0.05) is 16.8 Å². The number of hydrogen-bond acceptors (Lipinski definition) is 3. The lowest BCUT2D eigenvalue weighted by atomic mass is 10.00. The second kappa shape index (κ2) is 8.40. The van der Waals surface area contributed by atoms with Crippen molar-refractivity contribution in [2.45, 2.75) is 72.4 Å². The average Bonchev–Trinajstić information content (AvgIpc) is 2.66. The van der Waals surface area contributed by atoms with Gasteiger partial charge in [0.15, 0.2) is 0 Å². The molecule has 0 aliphatic heterocycles. The third kappa shape index (κ3) is 3.90. The van der Waals surface area contributed by atoms with Gasteiger partial charge in [0.25, 0.3) is 0 Å². The van der Waals surface area contributed by atoms with Gasteiger partial charge in [-0.2, -0.15) is 0 Å². The molecule has 1 aliphatic carbocycles. The molecule has 29 heavy (non-hydrogen) atoms. The molecule has 1 aliphatic rings. The Balaban J connectivity index is 2.21. The number of carbonyl (C=O) groups excluding carboxylic acids is 2. The molecular formula is C25H31O3P. The summed E-state index contributed by atoms with van der Waals surface area (Å²) in [6.07, 6.45) is 4.29. The Kier molecular flexibility index (Phi) is 6.29. The maximum absolute atomic E-state index is 14.6. The minimum Gasteiger partial charge on any atom is -0.306 e. The van der Waals surface area contributed by atoms with Gasteiger partial charge in [0.1, 0.15) is 0 Å². The summed E-state index contributed by atoms with van der Waals surface area (Å²) in [6.45, 7) is 9.46. The maximum atomic E-state index is 14.6. The average molecular weight is 410 g/mol. The smallest absolute Gasteiger partial charge is 0.229 e. The van der Waals surface area contributed by atoms with Crippen LogP contribution < -0.4 is 0 Å². The predicted octanol–water partition coefficient (Wildman–Crippen LogP) is 6.91. The van der Waals surface area contributed by atoms with Gasteiger partial charge in [0.05, 0.1) is 0 Å². The molecule has 0 spiro atoms. The molecule has 1 fully saturated rings. The summed E-state index contributed by atoms with van der Waals surface area (Å²) in [5, 5.41) is 0. The van der Waals surface area contributed by atoms with Crippen LogP contribution in [0.3, 0.4) is 0 Å². The van der Waals surface area contributed by atoms with Gasteiger partial charge >= 0.3 is 0 Å². The van der Waals surface area contributed by atoms with Gasteiger partial charge in [-0.15, -0.1) is 0 Å². The largest absolute Gasteiger partial charge is 0.306 e. The Morgan fingerprint density at radius 1 is 0.759 bits per heavy atom. The van der Waals surface area contributed by atoms with E-state index in [9.17, 15) is 14.2 Å². The standard InChI is InChI=1S/C25H31O3P/c1-16-14-19(4)23(20(5)15-16)25(27)29(28,21-12-7-6-8-13-21)24(26)22-17(2)10-9-11-18(22)3/h9-11,14-15,21H,6-8,12-13H2,1-5H3. The molecule has 154 valence electrons. The maximum Gasteiger partial charge on any atom is 0.229 e. The van der Waals surface area contributed by atoms with Crippen LogP contribution in [-0.2, 0) is 4.57 Å². The molecule has 2 aromatic rings. The molecule has 1 atom stereocenters. The monoisotopic (exact) mass is 410 g/mol. The fourth-order valence-corrected chi connectivity index (χ4v) is 8.18. The van der Waals surface area contributed by atoms with Crippen molar-refractivity contribution in [2.24, 2.45) is 0 Å². The van der Waals surface area contributed by atoms with E-state index in [0.29, 0.717) is 24.0 Å². The van der Waals surface area contributed by atoms with Gasteiger partial charge in [0.2, 0.25) is 18.2 Å². The summed E-state index contributed by atoms with van der Waals surface area (Å²) >= 11 is 0. The van der Waals surface area contributed by atoms with Crippen molar-refractivity contribution in [3.63, 3.8) is 0 Å². The molecule has 0 N–H and O–H groups in total. The highest BCUT2D eigenvalue weighted by Crippen LogP contribution is 2.61. The van der Waals surface area contributed by atoms with Gasteiger partial charge in [-0.05, 0) is 69.7 Å². The second-order valence-electron chi connectivity index (χ2n) is 8.60. The number of rotatable bonds is 5. The van der Waals surface area contributed by atoms with Crippen LogP contribution in [0.5, 0.6) is 0 Å². The molecule has 0 amide bonds. The molecule has 1 saturated carbocycles. The fraction of sp³-hybridized carbons (Fsp3) is 0.440. The lowest BCUT2D eigenvalue weighted by Crippen LogP contribution is -2.25. The molecule has 0 radical (unpaired) electrons. The van der Waals surface area contributed by atoms with Crippen LogP contribution in [0.1, 0.15) is 80.6 Å². The molecule has 0 heterocycles.